The molecule has 0 spiro atoms. The molecule has 1 aromatic carbocycles. The monoisotopic (exact) mass is 237 g/mol. The zero-order valence-electron chi connectivity index (χ0n) is 8.64. The molecule has 0 saturated heterocycles. The summed E-state index contributed by atoms with van der Waals surface area (Å²) in [5, 5.41) is 0.570. The number of hydrogen-bond donors (Lipinski definition) is 2. The lowest BCUT2D eigenvalue weighted by Gasteiger charge is -2.07. The Hall–Kier alpha value is -1.50. The van der Waals surface area contributed by atoms with Gasteiger partial charge in [-0.3, -0.25) is 10.8 Å². The van der Waals surface area contributed by atoms with Crippen molar-refractivity contribution in [2.45, 2.75) is 11.8 Å². The lowest BCUT2D eigenvalue weighted by molar-refractivity contribution is 0.585. The zero-order chi connectivity index (χ0) is 11.8. The minimum atomic E-state index is -3.65. The predicted octanol–water partition coefficient (Wildman–Crippen LogP) is 0.695. The highest BCUT2D eigenvalue weighted by molar-refractivity contribution is 7.89. The van der Waals surface area contributed by atoms with Crippen LogP contribution in [0.4, 0.5) is 0 Å². The number of nitrogens with one attached hydrogen (secondary N) is 1. The number of rotatable bonds is 2. The van der Waals surface area contributed by atoms with Gasteiger partial charge in [0.05, 0.1) is 10.4 Å². The van der Waals surface area contributed by atoms with Crippen molar-refractivity contribution >= 4 is 20.9 Å². The fraction of sp³-hybridized carbons (Fsp3) is 0.100. The van der Waals surface area contributed by atoms with Crippen LogP contribution in [-0.4, -0.2) is 13.4 Å². The summed E-state index contributed by atoms with van der Waals surface area (Å²) in [6.07, 6.45) is 1.63. The number of aryl methyl sites for hydroxylation is 1. The number of hydrogen-bond acceptors (Lipinski definition) is 4. The average molecular weight is 237 g/mol. The average Bonchev–Trinajstić information content (AvgIpc) is 2.29. The highest BCUT2D eigenvalue weighted by Gasteiger charge is 2.16. The second-order valence-electron chi connectivity index (χ2n) is 3.40. The van der Waals surface area contributed by atoms with Gasteiger partial charge in [-0.15, -0.1) is 0 Å². The smallest absolute Gasteiger partial charge is 0.253 e. The van der Waals surface area contributed by atoms with Crippen LogP contribution in [0.1, 0.15) is 5.56 Å². The van der Waals surface area contributed by atoms with E-state index in [-0.39, 0.29) is 4.90 Å². The van der Waals surface area contributed by atoms with E-state index in [0.717, 1.165) is 5.56 Å². The van der Waals surface area contributed by atoms with Crippen molar-refractivity contribution in [1.29, 1.82) is 0 Å². The quantitative estimate of drug-likeness (QED) is 0.594. The minimum absolute atomic E-state index is 0.142. The standard InChI is InChI=1S/C10H11N3O2S/c1-7-4-5-9(16(14,15)13-11)8-3-2-6-12-10(7)8/h2-6,13H,11H2,1H3. The molecule has 84 valence electrons. The first-order chi connectivity index (χ1) is 7.56. The van der Waals surface area contributed by atoms with Crippen molar-refractivity contribution in [3.63, 3.8) is 0 Å². The molecule has 0 aliphatic heterocycles. The van der Waals surface area contributed by atoms with Gasteiger partial charge < -0.3 is 0 Å². The van der Waals surface area contributed by atoms with Crippen molar-refractivity contribution in [1.82, 2.24) is 9.82 Å². The highest BCUT2D eigenvalue weighted by atomic mass is 32.2. The molecule has 0 fully saturated rings. The second-order valence-corrected chi connectivity index (χ2v) is 5.08. The van der Waals surface area contributed by atoms with E-state index < -0.39 is 10.0 Å². The van der Waals surface area contributed by atoms with E-state index in [1.807, 2.05) is 11.8 Å². The fourth-order valence-corrected chi connectivity index (χ4v) is 2.41. The number of sulfonamides is 1. The van der Waals surface area contributed by atoms with Crippen molar-refractivity contribution < 1.29 is 8.42 Å². The van der Waals surface area contributed by atoms with Crippen molar-refractivity contribution in [3.05, 3.63) is 36.0 Å². The molecule has 3 N–H and O–H groups in total. The maximum atomic E-state index is 11.7. The molecule has 5 nitrogen and oxygen atoms in total. The van der Waals surface area contributed by atoms with Gasteiger partial charge in [-0.25, -0.2) is 8.42 Å². The Balaban J connectivity index is 2.88. The van der Waals surface area contributed by atoms with Crippen LogP contribution in [0.2, 0.25) is 0 Å². The summed E-state index contributed by atoms with van der Waals surface area (Å²) < 4.78 is 23.3. The van der Waals surface area contributed by atoms with E-state index in [2.05, 4.69) is 4.98 Å². The first-order valence-corrected chi connectivity index (χ1v) is 6.11. The SMILES string of the molecule is Cc1ccc(S(=O)(=O)NN)c2cccnc12. The molecule has 0 saturated carbocycles. The Bertz CT molecular complexity index is 638. The lowest BCUT2D eigenvalue weighted by atomic mass is 10.1. The summed E-state index contributed by atoms with van der Waals surface area (Å²) in [6.45, 7) is 1.88. The van der Waals surface area contributed by atoms with Crippen LogP contribution in [0.3, 0.4) is 0 Å². The number of benzene rings is 1. The molecule has 2 rings (SSSR count). The summed E-state index contributed by atoms with van der Waals surface area (Å²) >= 11 is 0. The van der Waals surface area contributed by atoms with Gasteiger partial charge in [-0.05, 0) is 30.7 Å². The molecular formula is C10H11N3O2S. The van der Waals surface area contributed by atoms with Gasteiger partial charge in [0.15, 0.2) is 0 Å². The van der Waals surface area contributed by atoms with E-state index in [1.54, 1.807) is 24.4 Å². The Morgan fingerprint density at radius 2 is 2.06 bits per heavy atom. The van der Waals surface area contributed by atoms with Gasteiger partial charge in [-0.1, -0.05) is 6.07 Å². The highest BCUT2D eigenvalue weighted by Crippen LogP contribution is 2.23. The largest absolute Gasteiger partial charge is 0.257 e. The first kappa shape index (κ1) is 11.0. The Morgan fingerprint density at radius 3 is 2.75 bits per heavy atom. The summed E-state index contributed by atoms with van der Waals surface area (Å²) in [4.78, 5) is 6.11. The van der Waals surface area contributed by atoms with Crippen LogP contribution in [-0.2, 0) is 10.0 Å². The summed E-state index contributed by atoms with van der Waals surface area (Å²) in [5.74, 6) is 5.01. The maximum absolute atomic E-state index is 11.7. The molecule has 1 aromatic heterocycles. The Kier molecular flexibility index (Phi) is 2.63. The van der Waals surface area contributed by atoms with Gasteiger partial charge in [0, 0.05) is 11.6 Å². The van der Waals surface area contributed by atoms with Gasteiger partial charge >= 0.3 is 0 Å². The van der Waals surface area contributed by atoms with Crippen molar-refractivity contribution in [3.8, 4) is 0 Å². The number of nitrogens with two attached hydrogens (primary N) is 1. The van der Waals surface area contributed by atoms with E-state index in [4.69, 9.17) is 5.84 Å². The first-order valence-electron chi connectivity index (χ1n) is 4.63. The third-order valence-corrected chi connectivity index (χ3v) is 3.62. The third kappa shape index (κ3) is 1.67. The molecule has 0 atom stereocenters. The van der Waals surface area contributed by atoms with Gasteiger partial charge in [0.1, 0.15) is 0 Å². The van der Waals surface area contributed by atoms with Crippen molar-refractivity contribution in [2.24, 2.45) is 5.84 Å². The molecule has 0 aliphatic carbocycles. The number of aromatic nitrogens is 1. The minimum Gasteiger partial charge on any atom is -0.257 e. The number of fused-ring (bicyclic) bond motifs is 1. The van der Waals surface area contributed by atoms with Crippen LogP contribution < -0.4 is 10.7 Å². The Labute approximate surface area is 93.3 Å². The molecule has 2 aromatic rings. The number of pyridine rings is 1. The molecule has 1 heterocycles. The normalized spacial score (nSPS) is 11.9. The third-order valence-electron chi connectivity index (χ3n) is 2.38. The molecule has 0 aliphatic rings. The second kappa shape index (κ2) is 3.82. The topological polar surface area (TPSA) is 85.1 Å². The molecule has 0 bridgehead atoms. The number of nitrogens with zero attached hydrogens (tertiary/aromatic N) is 1. The zero-order valence-corrected chi connectivity index (χ0v) is 9.45. The van der Waals surface area contributed by atoms with Crippen LogP contribution in [0, 0.1) is 6.92 Å². The van der Waals surface area contributed by atoms with Crippen molar-refractivity contribution in [2.75, 3.05) is 0 Å². The molecule has 16 heavy (non-hydrogen) atoms. The van der Waals surface area contributed by atoms with E-state index in [0.29, 0.717) is 10.9 Å². The fourth-order valence-electron chi connectivity index (χ4n) is 1.59. The lowest BCUT2D eigenvalue weighted by Crippen LogP contribution is -2.30. The molecule has 0 amide bonds. The Morgan fingerprint density at radius 1 is 1.31 bits per heavy atom. The van der Waals surface area contributed by atoms with E-state index in [1.165, 1.54) is 6.07 Å². The van der Waals surface area contributed by atoms with Gasteiger partial charge in [0.25, 0.3) is 10.0 Å². The van der Waals surface area contributed by atoms with E-state index in [9.17, 15) is 8.42 Å². The summed E-state index contributed by atoms with van der Waals surface area (Å²) in [7, 11) is -3.65. The molecule has 0 unspecified atom stereocenters. The van der Waals surface area contributed by atoms with Gasteiger partial charge in [-0.2, -0.15) is 4.83 Å². The summed E-state index contributed by atoms with van der Waals surface area (Å²) in [5.41, 5.74) is 1.59. The maximum Gasteiger partial charge on any atom is 0.253 e. The van der Waals surface area contributed by atoms with Gasteiger partial charge in [0.2, 0.25) is 0 Å². The van der Waals surface area contributed by atoms with Crippen LogP contribution in [0.25, 0.3) is 10.9 Å². The van der Waals surface area contributed by atoms with Crippen LogP contribution >= 0.6 is 0 Å². The molecule has 0 radical (unpaired) electrons. The van der Waals surface area contributed by atoms with E-state index >= 15 is 0 Å². The molecular weight excluding hydrogens is 226 g/mol. The summed E-state index contributed by atoms with van der Waals surface area (Å²) in [6, 6.07) is 6.63. The number of hydrazine groups is 1. The predicted molar refractivity (Wildman–Crippen MR) is 61.0 cm³/mol. The van der Waals surface area contributed by atoms with Crippen LogP contribution in [0.5, 0.6) is 0 Å². The van der Waals surface area contributed by atoms with Crippen LogP contribution in [0.15, 0.2) is 35.4 Å². The molecule has 6 heteroatoms.